The van der Waals surface area contributed by atoms with Crippen LogP contribution in [0.2, 0.25) is 0 Å². The molecule has 1 aliphatic carbocycles. The molecule has 3 aromatic rings. The van der Waals surface area contributed by atoms with E-state index in [9.17, 15) is 9.18 Å². The quantitative estimate of drug-likeness (QED) is 0.758. The Hall–Kier alpha value is -3.08. The fraction of sp³-hybridized carbons (Fsp3) is 0.190. The zero-order valence-corrected chi connectivity index (χ0v) is 14.4. The number of anilines is 1. The van der Waals surface area contributed by atoms with Crippen molar-refractivity contribution in [3.05, 3.63) is 76.9 Å². The van der Waals surface area contributed by atoms with Crippen molar-refractivity contribution >= 4 is 11.7 Å². The highest BCUT2D eigenvalue weighted by atomic mass is 19.1. The smallest absolute Gasteiger partial charge is 0.220 e. The van der Waals surface area contributed by atoms with E-state index in [-0.39, 0.29) is 23.5 Å². The summed E-state index contributed by atoms with van der Waals surface area (Å²) < 4.78 is 13.9. The van der Waals surface area contributed by atoms with Crippen LogP contribution in [-0.4, -0.2) is 15.8 Å². The maximum Gasteiger partial charge on any atom is 0.220 e. The molecule has 1 unspecified atom stereocenters. The minimum absolute atomic E-state index is 0.0112. The number of rotatable bonds is 2. The highest BCUT2D eigenvalue weighted by Crippen LogP contribution is 2.38. The molecule has 5 heteroatoms. The van der Waals surface area contributed by atoms with Crippen molar-refractivity contribution in [1.29, 1.82) is 0 Å². The van der Waals surface area contributed by atoms with E-state index in [1.54, 1.807) is 13.0 Å². The maximum absolute atomic E-state index is 13.9. The summed E-state index contributed by atoms with van der Waals surface area (Å²) in [5.74, 6) is -0.175. The standard InChI is InChI=1S/C21H18FN3O/c1-12-20-18(25-21(23)24-12)9-14(10-19(20)26)16-8-7-15(22)11-17(16)13-5-3-2-4-6-13/h2-8,11,14H,9-10H2,1H3,(H2,23,24,25). The first-order valence-corrected chi connectivity index (χ1v) is 8.54. The summed E-state index contributed by atoms with van der Waals surface area (Å²) in [6.45, 7) is 1.78. The molecular weight excluding hydrogens is 329 g/mol. The summed E-state index contributed by atoms with van der Waals surface area (Å²) in [7, 11) is 0. The van der Waals surface area contributed by atoms with E-state index in [4.69, 9.17) is 5.73 Å². The molecule has 1 atom stereocenters. The van der Waals surface area contributed by atoms with E-state index in [1.165, 1.54) is 12.1 Å². The Morgan fingerprint density at radius 1 is 1.08 bits per heavy atom. The highest BCUT2D eigenvalue weighted by Gasteiger charge is 2.31. The van der Waals surface area contributed by atoms with Crippen molar-refractivity contribution < 1.29 is 9.18 Å². The van der Waals surface area contributed by atoms with Gasteiger partial charge in [-0.2, -0.15) is 0 Å². The minimum Gasteiger partial charge on any atom is -0.368 e. The van der Waals surface area contributed by atoms with Crippen LogP contribution in [0.4, 0.5) is 10.3 Å². The number of aryl methyl sites for hydroxylation is 1. The predicted molar refractivity (Wildman–Crippen MR) is 98.4 cm³/mol. The van der Waals surface area contributed by atoms with Crippen LogP contribution < -0.4 is 5.73 Å². The molecule has 1 heterocycles. The largest absolute Gasteiger partial charge is 0.368 e. The highest BCUT2D eigenvalue weighted by molar-refractivity contribution is 6.00. The van der Waals surface area contributed by atoms with Gasteiger partial charge in [0.05, 0.1) is 17.0 Å². The van der Waals surface area contributed by atoms with Crippen LogP contribution in [-0.2, 0) is 6.42 Å². The molecule has 0 saturated heterocycles. The normalized spacial score (nSPS) is 16.4. The average Bonchev–Trinajstić information content (AvgIpc) is 2.61. The van der Waals surface area contributed by atoms with Gasteiger partial charge in [-0.05, 0) is 48.1 Å². The zero-order chi connectivity index (χ0) is 18.3. The first-order chi connectivity index (χ1) is 12.5. The van der Waals surface area contributed by atoms with Crippen molar-refractivity contribution in [1.82, 2.24) is 9.97 Å². The number of aromatic nitrogens is 2. The Labute approximate surface area is 150 Å². The number of Topliss-reactive ketones (excluding diaryl/α,β-unsaturated/α-hetero) is 1. The first-order valence-electron chi connectivity index (χ1n) is 8.54. The van der Waals surface area contributed by atoms with Gasteiger partial charge in [0.25, 0.3) is 0 Å². The predicted octanol–water partition coefficient (Wildman–Crippen LogP) is 4.09. The third-order valence-electron chi connectivity index (χ3n) is 4.87. The molecule has 4 nitrogen and oxygen atoms in total. The summed E-state index contributed by atoms with van der Waals surface area (Å²) in [5.41, 5.74) is 10.3. The number of hydrogen-bond acceptors (Lipinski definition) is 4. The number of nitrogens with zero attached hydrogens (tertiary/aromatic N) is 2. The third-order valence-corrected chi connectivity index (χ3v) is 4.87. The lowest BCUT2D eigenvalue weighted by atomic mass is 9.78. The minimum atomic E-state index is -0.294. The molecule has 0 fully saturated rings. The topological polar surface area (TPSA) is 68.9 Å². The average molecular weight is 347 g/mol. The van der Waals surface area contributed by atoms with Crippen LogP contribution in [0.25, 0.3) is 11.1 Å². The number of nitrogens with two attached hydrogens (primary N) is 1. The van der Waals surface area contributed by atoms with Crippen LogP contribution >= 0.6 is 0 Å². The number of nitrogen functional groups attached to an aromatic ring is 1. The monoisotopic (exact) mass is 347 g/mol. The fourth-order valence-electron chi connectivity index (χ4n) is 3.77. The molecule has 4 rings (SSSR count). The van der Waals surface area contributed by atoms with Crippen LogP contribution in [0.3, 0.4) is 0 Å². The van der Waals surface area contributed by atoms with Crippen molar-refractivity contribution in [2.75, 3.05) is 5.73 Å². The molecule has 130 valence electrons. The molecular formula is C21H18FN3O. The number of hydrogen-bond donors (Lipinski definition) is 1. The van der Waals surface area contributed by atoms with Crippen LogP contribution in [0.15, 0.2) is 48.5 Å². The van der Waals surface area contributed by atoms with Gasteiger partial charge in [-0.3, -0.25) is 4.79 Å². The van der Waals surface area contributed by atoms with Gasteiger partial charge in [-0.1, -0.05) is 36.4 Å². The number of halogens is 1. The van der Waals surface area contributed by atoms with Gasteiger partial charge in [0.1, 0.15) is 5.82 Å². The summed E-state index contributed by atoms with van der Waals surface area (Å²) >= 11 is 0. The molecule has 0 aliphatic heterocycles. The lowest BCUT2D eigenvalue weighted by Gasteiger charge is -2.26. The summed E-state index contributed by atoms with van der Waals surface area (Å²) in [4.78, 5) is 21.1. The lowest BCUT2D eigenvalue weighted by molar-refractivity contribution is 0.0962. The Balaban J connectivity index is 1.81. The molecule has 26 heavy (non-hydrogen) atoms. The number of carbonyl (C=O) groups is 1. The van der Waals surface area contributed by atoms with Gasteiger partial charge in [0, 0.05) is 6.42 Å². The fourth-order valence-corrected chi connectivity index (χ4v) is 3.77. The third kappa shape index (κ3) is 2.86. The van der Waals surface area contributed by atoms with E-state index < -0.39 is 0 Å². The molecule has 0 amide bonds. The Morgan fingerprint density at radius 3 is 2.62 bits per heavy atom. The van der Waals surface area contributed by atoms with Gasteiger partial charge >= 0.3 is 0 Å². The molecule has 0 spiro atoms. The lowest BCUT2D eigenvalue weighted by Crippen LogP contribution is -2.23. The second-order valence-electron chi connectivity index (χ2n) is 6.61. The summed E-state index contributed by atoms with van der Waals surface area (Å²) in [5, 5.41) is 0. The number of ketones is 1. The molecule has 0 radical (unpaired) electrons. The van der Waals surface area contributed by atoms with Gasteiger partial charge in [0.15, 0.2) is 5.78 Å². The van der Waals surface area contributed by atoms with Gasteiger partial charge in [-0.25, -0.2) is 14.4 Å². The molecule has 1 aliphatic rings. The van der Waals surface area contributed by atoms with Crippen molar-refractivity contribution in [3.8, 4) is 11.1 Å². The molecule has 1 aromatic heterocycles. The van der Waals surface area contributed by atoms with E-state index in [1.807, 2.05) is 30.3 Å². The summed E-state index contributed by atoms with van der Waals surface area (Å²) in [6.07, 6.45) is 0.937. The first kappa shape index (κ1) is 16.4. The Kier molecular flexibility index (Phi) is 3.99. The number of benzene rings is 2. The van der Waals surface area contributed by atoms with Crippen molar-refractivity contribution in [2.45, 2.75) is 25.7 Å². The van der Waals surface area contributed by atoms with Crippen molar-refractivity contribution in [3.63, 3.8) is 0 Å². The van der Waals surface area contributed by atoms with Crippen molar-refractivity contribution in [2.24, 2.45) is 0 Å². The van der Waals surface area contributed by atoms with Gasteiger partial charge < -0.3 is 5.73 Å². The van der Waals surface area contributed by atoms with E-state index in [0.717, 1.165) is 16.7 Å². The van der Waals surface area contributed by atoms with E-state index >= 15 is 0 Å². The maximum atomic E-state index is 13.9. The van der Waals surface area contributed by atoms with E-state index in [0.29, 0.717) is 29.8 Å². The Morgan fingerprint density at radius 2 is 1.85 bits per heavy atom. The Bertz CT molecular complexity index is 1000. The van der Waals surface area contributed by atoms with Crippen LogP contribution in [0, 0.1) is 12.7 Å². The number of carbonyl (C=O) groups excluding carboxylic acids is 1. The molecule has 2 aromatic carbocycles. The molecule has 2 N–H and O–H groups in total. The zero-order valence-electron chi connectivity index (χ0n) is 14.4. The van der Waals surface area contributed by atoms with Crippen LogP contribution in [0.1, 0.15) is 39.6 Å². The summed E-state index contributed by atoms with van der Waals surface area (Å²) in [6, 6.07) is 14.4. The van der Waals surface area contributed by atoms with Gasteiger partial charge in [-0.15, -0.1) is 0 Å². The SMILES string of the molecule is Cc1nc(N)nc2c1C(=O)CC(c1ccc(F)cc1-c1ccccc1)C2. The van der Waals surface area contributed by atoms with E-state index in [2.05, 4.69) is 9.97 Å². The number of fused-ring (bicyclic) bond motifs is 1. The van der Waals surface area contributed by atoms with Crippen LogP contribution in [0.5, 0.6) is 0 Å². The second kappa shape index (κ2) is 6.33. The van der Waals surface area contributed by atoms with Gasteiger partial charge in [0.2, 0.25) is 5.95 Å². The second-order valence-corrected chi connectivity index (χ2v) is 6.61. The molecule has 0 saturated carbocycles. The molecule has 0 bridgehead atoms.